The van der Waals surface area contributed by atoms with Gasteiger partial charge in [0.15, 0.2) is 0 Å². The Hall–Kier alpha value is -1.62. The molecule has 1 atom stereocenters. The molecule has 3 heterocycles. The van der Waals surface area contributed by atoms with Crippen LogP contribution < -0.4 is 0 Å². The van der Waals surface area contributed by atoms with Crippen LogP contribution in [0.5, 0.6) is 0 Å². The number of hydrogen-bond donors (Lipinski definition) is 0. The van der Waals surface area contributed by atoms with Gasteiger partial charge in [0.2, 0.25) is 0 Å². The quantitative estimate of drug-likeness (QED) is 0.845. The molecule has 0 saturated carbocycles. The molecule has 0 unspecified atom stereocenters. The van der Waals surface area contributed by atoms with Gasteiger partial charge in [-0.05, 0) is 39.3 Å². The topological polar surface area (TPSA) is 47.1 Å². The Morgan fingerprint density at radius 3 is 3.00 bits per heavy atom. The van der Waals surface area contributed by atoms with E-state index in [9.17, 15) is 0 Å². The molecule has 102 valence electrons. The number of likely N-dealkylation sites (tertiary alicyclic amines) is 1. The third-order valence-corrected chi connectivity index (χ3v) is 4.00. The molecular formula is C14H20N4O. The summed E-state index contributed by atoms with van der Waals surface area (Å²) >= 11 is 0. The lowest BCUT2D eigenvalue weighted by Crippen LogP contribution is -2.33. The SMILES string of the molecule is Cc1noc(C)c1CN1CCC[C@H]1Cn1cccn1. The van der Waals surface area contributed by atoms with E-state index in [1.54, 1.807) is 0 Å². The van der Waals surface area contributed by atoms with E-state index in [0.29, 0.717) is 6.04 Å². The normalized spacial score (nSPS) is 20.2. The van der Waals surface area contributed by atoms with E-state index in [-0.39, 0.29) is 0 Å². The molecule has 1 aliphatic heterocycles. The Bertz CT molecular complexity index is 512. The highest BCUT2D eigenvalue weighted by molar-refractivity contribution is 5.20. The van der Waals surface area contributed by atoms with E-state index < -0.39 is 0 Å². The second kappa shape index (κ2) is 5.17. The van der Waals surface area contributed by atoms with Gasteiger partial charge in [0.25, 0.3) is 0 Å². The molecule has 2 aromatic heterocycles. The maximum absolute atomic E-state index is 5.25. The summed E-state index contributed by atoms with van der Waals surface area (Å²) in [5.41, 5.74) is 2.26. The Morgan fingerprint density at radius 1 is 1.42 bits per heavy atom. The second-order valence-corrected chi connectivity index (χ2v) is 5.30. The summed E-state index contributed by atoms with van der Waals surface area (Å²) in [6.45, 7) is 7.07. The molecule has 3 rings (SSSR count). The fourth-order valence-electron chi connectivity index (χ4n) is 2.87. The summed E-state index contributed by atoms with van der Waals surface area (Å²) in [7, 11) is 0. The van der Waals surface area contributed by atoms with Crippen molar-refractivity contribution in [2.75, 3.05) is 6.54 Å². The monoisotopic (exact) mass is 260 g/mol. The molecule has 2 aromatic rings. The van der Waals surface area contributed by atoms with E-state index in [4.69, 9.17) is 4.52 Å². The van der Waals surface area contributed by atoms with E-state index in [2.05, 4.69) is 15.2 Å². The van der Waals surface area contributed by atoms with Gasteiger partial charge < -0.3 is 4.52 Å². The zero-order chi connectivity index (χ0) is 13.2. The summed E-state index contributed by atoms with van der Waals surface area (Å²) in [5, 5.41) is 8.35. The highest BCUT2D eigenvalue weighted by Crippen LogP contribution is 2.23. The van der Waals surface area contributed by atoms with Gasteiger partial charge in [-0.3, -0.25) is 9.58 Å². The first kappa shape index (κ1) is 12.4. The van der Waals surface area contributed by atoms with Crippen molar-refractivity contribution >= 4 is 0 Å². The summed E-state index contributed by atoms with van der Waals surface area (Å²) in [6, 6.07) is 2.54. The molecule has 0 spiro atoms. The minimum atomic E-state index is 0.564. The van der Waals surface area contributed by atoms with E-state index in [1.165, 1.54) is 18.4 Å². The van der Waals surface area contributed by atoms with Gasteiger partial charge in [-0.25, -0.2) is 0 Å². The molecule has 1 saturated heterocycles. The molecule has 0 aliphatic carbocycles. The molecule has 0 radical (unpaired) electrons. The van der Waals surface area contributed by atoms with Crippen molar-refractivity contribution in [3.05, 3.63) is 35.5 Å². The standard InChI is InChI=1S/C14H20N4O/c1-11-14(12(2)19-16-11)10-17-7-3-5-13(17)9-18-8-4-6-15-18/h4,6,8,13H,3,5,7,9-10H2,1-2H3/t13-/m0/s1. The Kier molecular flexibility index (Phi) is 3.38. The van der Waals surface area contributed by atoms with Gasteiger partial charge in [0.05, 0.1) is 12.2 Å². The molecule has 1 aliphatic rings. The molecule has 19 heavy (non-hydrogen) atoms. The summed E-state index contributed by atoms with van der Waals surface area (Å²) in [4.78, 5) is 2.52. The van der Waals surface area contributed by atoms with Crippen LogP contribution >= 0.6 is 0 Å². The highest BCUT2D eigenvalue weighted by atomic mass is 16.5. The average Bonchev–Trinajstić information content (AvgIpc) is 3.10. The van der Waals surface area contributed by atoms with Crippen LogP contribution in [-0.4, -0.2) is 32.4 Å². The van der Waals surface area contributed by atoms with Gasteiger partial charge in [-0.2, -0.15) is 5.10 Å². The van der Waals surface area contributed by atoms with Gasteiger partial charge >= 0.3 is 0 Å². The van der Waals surface area contributed by atoms with Crippen molar-refractivity contribution in [3.63, 3.8) is 0 Å². The van der Waals surface area contributed by atoms with Crippen LogP contribution in [0.1, 0.15) is 29.9 Å². The van der Waals surface area contributed by atoms with Crippen LogP contribution in [0.3, 0.4) is 0 Å². The molecule has 5 heteroatoms. The lowest BCUT2D eigenvalue weighted by atomic mass is 10.1. The van der Waals surface area contributed by atoms with Gasteiger partial charge in [0.1, 0.15) is 5.76 Å². The molecule has 1 fully saturated rings. The number of hydrogen-bond acceptors (Lipinski definition) is 4. The average molecular weight is 260 g/mol. The lowest BCUT2D eigenvalue weighted by Gasteiger charge is -2.24. The van der Waals surface area contributed by atoms with E-state index in [1.807, 2.05) is 37.0 Å². The number of aromatic nitrogens is 3. The van der Waals surface area contributed by atoms with Crippen LogP contribution in [0.2, 0.25) is 0 Å². The first-order valence-electron chi connectivity index (χ1n) is 6.87. The van der Waals surface area contributed by atoms with Crippen molar-refractivity contribution in [2.45, 2.75) is 45.8 Å². The zero-order valence-corrected chi connectivity index (χ0v) is 11.5. The summed E-state index contributed by atoms with van der Waals surface area (Å²) in [5.74, 6) is 0.947. The molecule has 0 aromatic carbocycles. The van der Waals surface area contributed by atoms with Gasteiger partial charge in [0, 0.05) is 30.5 Å². The van der Waals surface area contributed by atoms with E-state index in [0.717, 1.165) is 31.1 Å². The molecule has 0 bridgehead atoms. The van der Waals surface area contributed by atoms with Crippen molar-refractivity contribution in [1.82, 2.24) is 19.8 Å². The van der Waals surface area contributed by atoms with Crippen molar-refractivity contribution in [1.29, 1.82) is 0 Å². The van der Waals surface area contributed by atoms with Crippen LogP contribution in [0.4, 0.5) is 0 Å². The second-order valence-electron chi connectivity index (χ2n) is 5.30. The Morgan fingerprint density at radius 2 is 2.32 bits per heavy atom. The lowest BCUT2D eigenvalue weighted by molar-refractivity contribution is 0.217. The summed E-state index contributed by atoms with van der Waals surface area (Å²) in [6.07, 6.45) is 6.37. The van der Waals surface area contributed by atoms with Crippen LogP contribution in [0.25, 0.3) is 0 Å². The van der Waals surface area contributed by atoms with Crippen LogP contribution in [0.15, 0.2) is 23.0 Å². The minimum absolute atomic E-state index is 0.564. The van der Waals surface area contributed by atoms with Crippen LogP contribution in [-0.2, 0) is 13.1 Å². The number of rotatable bonds is 4. The Labute approximate surface area is 113 Å². The van der Waals surface area contributed by atoms with Crippen molar-refractivity contribution < 1.29 is 4.52 Å². The smallest absolute Gasteiger partial charge is 0.138 e. The third kappa shape index (κ3) is 2.56. The zero-order valence-electron chi connectivity index (χ0n) is 11.5. The maximum Gasteiger partial charge on any atom is 0.138 e. The minimum Gasteiger partial charge on any atom is -0.361 e. The highest BCUT2D eigenvalue weighted by Gasteiger charge is 2.26. The molecule has 5 nitrogen and oxygen atoms in total. The predicted octanol–water partition coefficient (Wildman–Crippen LogP) is 2.15. The van der Waals surface area contributed by atoms with Crippen molar-refractivity contribution in [3.8, 4) is 0 Å². The number of nitrogens with zero attached hydrogens (tertiary/aromatic N) is 4. The fourth-order valence-corrected chi connectivity index (χ4v) is 2.87. The molecule has 0 amide bonds. The first-order valence-corrected chi connectivity index (χ1v) is 6.87. The molecule has 0 N–H and O–H groups in total. The van der Waals surface area contributed by atoms with Gasteiger partial charge in [-0.1, -0.05) is 5.16 Å². The van der Waals surface area contributed by atoms with E-state index >= 15 is 0 Å². The Balaban J connectivity index is 1.70. The number of aryl methyl sites for hydroxylation is 2. The van der Waals surface area contributed by atoms with Crippen molar-refractivity contribution in [2.24, 2.45) is 0 Å². The largest absolute Gasteiger partial charge is 0.361 e. The first-order chi connectivity index (χ1) is 9.24. The van der Waals surface area contributed by atoms with Gasteiger partial charge in [-0.15, -0.1) is 0 Å². The molecular weight excluding hydrogens is 240 g/mol. The fraction of sp³-hybridized carbons (Fsp3) is 0.571. The third-order valence-electron chi connectivity index (χ3n) is 4.00. The predicted molar refractivity (Wildman–Crippen MR) is 71.6 cm³/mol. The van der Waals surface area contributed by atoms with Crippen LogP contribution in [0, 0.1) is 13.8 Å². The summed E-state index contributed by atoms with van der Waals surface area (Å²) < 4.78 is 7.28. The maximum atomic E-state index is 5.25.